The molecular formula is C12H7BrCl2O. The molecule has 0 radical (unpaired) electrons. The molecule has 0 amide bonds. The summed E-state index contributed by atoms with van der Waals surface area (Å²) in [7, 11) is 0. The highest BCUT2D eigenvalue weighted by Gasteiger charge is 2.10. The summed E-state index contributed by atoms with van der Waals surface area (Å²) in [4.78, 5) is 0. The van der Waals surface area contributed by atoms with Gasteiger partial charge in [-0.25, -0.2) is 0 Å². The van der Waals surface area contributed by atoms with E-state index in [9.17, 15) is 5.11 Å². The van der Waals surface area contributed by atoms with E-state index in [0.29, 0.717) is 5.02 Å². The minimum Gasteiger partial charge on any atom is -0.506 e. The normalized spacial score (nSPS) is 10.4. The molecule has 0 aliphatic carbocycles. The summed E-state index contributed by atoms with van der Waals surface area (Å²) in [5.41, 5.74) is 1.73. The quantitative estimate of drug-likeness (QED) is 0.773. The average molecular weight is 318 g/mol. The molecule has 0 atom stereocenters. The fourth-order valence-electron chi connectivity index (χ4n) is 1.42. The van der Waals surface area contributed by atoms with Crippen LogP contribution in [0.15, 0.2) is 40.9 Å². The van der Waals surface area contributed by atoms with Crippen molar-refractivity contribution in [3.05, 3.63) is 50.9 Å². The second-order valence-corrected chi connectivity index (χ2v) is 4.93. The lowest BCUT2D eigenvalue weighted by Crippen LogP contribution is -1.82. The summed E-state index contributed by atoms with van der Waals surface area (Å²) >= 11 is 15.4. The average Bonchev–Trinajstić information content (AvgIpc) is 2.25. The van der Waals surface area contributed by atoms with Crippen LogP contribution in [-0.4, -0.2) is 5.11 Å². The van der Waals surface area contributed by atoms with Crippen LogP contribution in [0, 0.1) is 0 Å². The second-order valence-electron chi connectivity index (χ2n) is 3.26. The Morgan fingerprint density at radius 2 is 1.62 bits per heavy atom. The number of aromatic hydroxyl groups is 1. The van der Waals surface area contributed by atoms with Crippen LogP contribution in [0.2, 0.25) is 10.0 Å². The molecule has 0 unspecified atom stereocenters. The Hall–Kier alpha value is -0.700. The third-order valence-corrected chi connectivity index (χ3v) is 3.51. The predicted molar refractivity (Wildman–Crippen MR) is 71.3 cm³/mol. The van der Waals surface area contributed by atoms with E-state index in [1.807, 2.05) is 24.3 Å². The van der Waals surface area contributed by atoms with Crippen LogP contribution < -0.4 is 0 Å². The van der Waals surface area contributed by atoms with E-state index in [4.69, 9.17) is 23.2 Å². The number of rotatable bonds is 1. The number of phenols is 1. The van der Waals surface area contributed by atoms with Crippen molar-refractivity contribution in [3.8, 4) is 16.9 Å². The van der Waals surface area contributed by atoms with Crippen molar-refractivity contribution in [2.45, 2.75) is 0 Å². The summed E-state index contributed by atoms with van der Waals surface area (Å²) < 4.78 is 0.929. The van der Waals surface area contributed by atoms with Crippen molar-refractivity contribution in [1.82, 2.24) is 0 Å². The third-order valence-electron chi connectivity index (χ3n) is 2.20. The zero-order valence-electron chi connectivity index (χ0n) is 8.05. The molecule has 2 rings (SSSR count). The number of phenolic OH excluding ortho intramolecular Hbond substituents is 1. The first-order valence-corrected chi connectivity index (χ1v) is 6.07. The fraction of sp³-hybridized carbons (Fsp3) is 0. The maximum atomic E-state index is 9.41. The van der Waals surface area contributed by atoms with Crippen LogP contribution in [-0.2, 0) is 0 Å². The number of benzene rings is 2. The second kappa shape index (κ2) is 4.66. The minimum absolute atomic E-state index is 0.0116. The molecule has 82 valence electrons. The molecule has 4 heteroatoms. The molecule has 0 aliphatic heterocycles. The van der Waals surface area contributed by atoms with Gasteiger partial charge in [0.2, 0.25) is 0 Å². The Morgan fingerprint density at radius 3 is 2.31 bits per heavy atom. The van der Waals surface area contributed by atoms with E-state index in [-0.39, 0.29) is 10.8 Å². The van der Waals surface area contributed by atoms with Gasteiger partial charge in [-0.1, -0.05) is 57.3 Å². The first-order valence-electron chi connectivity index (χ1n) is 4.52. The lowest BCUT2D eigenvalue weighted by atomic mass is 10.1. The van der Waals surface area contributed by atoms with Crippen molar-refractivity contribution in [2.24, 2.45) is 0 Å². The molecule has 0 saturated heterocycles. The number of hydrogen-bond acceptors (Lipinski definition) is 1. The Bertz CT molecular complexity index is 541. The molecule has 2 aromatic carbocycles. The molecule has 2 aromatic rings. The van der Waals surface area contributed by atoms with Crippen LogP contribution >= 0.6 is 39.1 Å². The smallest absolute Gasteiger partial charge is 0.135 e. The molecule has 0 fully saturated rings. The lowest BCUT2D eigenvalue weighted by molar-refractivity contribution is 0.475. The van der Waals surface area contributed by atoms with Gasteiger partial charge < -0.3 is 5.11 Å². The van der Waals surface area contributed by atoms with Gasteiger partial charge in [0.05, 0.1) is 10.0 Å². The van der Waals surface area contributed by atoms with Gasteiger partial charge in [-0.3, -0.25) is 0 Å². The van der Waals surface area contributed by atoms with Crippen molar-refractivity contribution in [2.75, 3.05) is 0 Å². The molecule has 0 heterocycles. The maximum Gasteiger partial charge on any atom is 0.135 e. The maximum absolute atomic E-state index is 9.41. The Balaban J connectivity index is 2.65. The highest BCUT2D eigenvalue weighted by molar-refractivity contribution is 9.10. The van der Waals surface area contributed by atoms with E-state index >= 15 is 0 Å². The van der Waals surface area contributed by atoms with Gasteiger partial charge in [-0.15, -0.1) is 0 Å². The topological polar surface area (TPSA) is 20.2 Å². The van der Waals surface area contributed by atoms with Crippen LogP contribution in [0.1, 0.15) is 0 Å². The lowest BCUT2D eigenvalue weighted by Gasteiger charge is -2.08. The monoisotopic (exact) mass is 316 g/mol. The standard InChI is InChI=1S/C12H7BrCl2O/c13-9-4-2-1-3-7(9)8-5-11(15)12(16)6-10(8)14/h1-6,16H. The van der Waals surface area contributed by atoms with Crippen LogP contribution in [0.3, 0.4) is 0 Å². The van der Waals surface area contributed by atoms with Gasteiger partial charge in [0, 0.05) is 16.1 Å². The Kier molecular flexibility index (Phi) is 3.43. The van der Waals surface area contributed by atoms with E-state index in [1.165, 1.54) is 6.07 Å². The Labute approximate surface area is 112 Å². The zero-order chi connectivity index (χ0) is 11.7. The van der Waals surface area contributed by atoms with Crippen molar-refractivity contribution in [1.29, 1.82) is 0 Å². The van der Waals surface area contributed by atoms with Crippen LogP contribution in [0.25, 0.3) is 11.1 Å². The highest BCUT2D eigenvalue weighted by atomic mass is 79.9. The van der Waals surface area contributed by atoms with Crippen LogP contribution in [0.5, 0.6) is 5.75 Å². The summed E-state index contributed by atoms with van der Waals surface area (Å²) in [6, 6.07) is 10.8. The first kappa shape index (κ1) is 11.8. The molecule has 1 N–H and O–H groups in total. The number of hydrogen-bond donors (Lipinski definition) is 1. The Morgan fingerprint density at radius 1 is 0.938 bits per heavy atom. The SMILES string of the molecule is Oc1cc(Cl)c(-c2ccccc2Br)cc1Cl. The van der Waals surface area contributed by atoms with Crippen molar-refractivity contribution >= 4 is 39.1 Å². The van der Waals surface area contributed by atoms with Gasteiger partial charge in [-0.05, 0) is 17.7 Å². The molecular weight excluding hydrogens is 311 g/mol. The molecule has 0 saturated carbocycles. The molecule has 16 heavy (non-hydrogen) atoms. The molecule has 0 aromatic heterocycles. The zero-order valence-corrected chi connectivity index (χ0v) is 11.1. The van der Waals surface area contributed by atoms with Gasteiger partial charge in [0.25, 0.3) is 0 Å². The summed E-state index contributed by atoms with van der Waals surface area (Å²) in [6.45, 7) is 0. The molecule has 1 nitrogen and oxygen atoms in total. The highest BCUT2D eigenvalue weighted by Crippen LogP contribution is 2.38. The number of halogens is 3. The van der Waals surface area contributed by atoms with Crippen LogP contribution in [0.4, 0.5) is 0 Å². The van der Waals surface area contributed by atoms with Gasteiger partial charge in [-0.2, -0.15) is 0 Å². The van der Waals surface area contributed by atoms with Crippen molar-refractivity contribution in [3.63, 3.8) is 0 Å². The molecule has 0 aliphatic rings. The molecule has 0 bridgehead atoms. The minimum atomic E-state index is -0.0116. The van der Waals surface area contributed by atoms with E-state index in [1.54, 1.807) is 6.07 Å². The third kappa shape index (κ3) is 2.19. The largest absolute Gasteiger partial charge is 0.506 e. The van der Waals surface area contributed by atoms with Gasteiger partial charge in [0.15, 0.2) is 0 Å². The summed E-state index contributed by atoms with van der Waals surface area (Å²) in [5.74, 6) is -0.0116. The molecule has 0 spiro atoms. The first-order chi connectivity index (χ1) is 7.59. The van der Waals surface area contributed by atoms with Gasteiger partial charge in [0.1, 0.15) is 5.75 Å². The van der Waals surface area contributed by atoms with Gasteiger partial charge >= 0.3 is 0 Å². The van der Waals surface area contributed by atoms with E-state index in [2.05, 4.69) is 15.9 Å². The fourth-order valence-corrected chi connectivity index (χ4v) is 2.34. The van der Waals surface area contributed by atoms with E-state index in [0.717, 1.165) is 15.6 Å². The summed E-state index contributed by atoms with van der Waals surface area (Å²) in [5, 5.41) is 10.2. The van der Waals surface area contributed by atoms with E-state index < -0.39 is 0 Å². The summed E-state index contributed by atoms with van der Waals surface area (Å²) in [6.07, 6.45) is 0. The predicted octanol–water partition coefficient (Wildman–Crippen LogP) is 5.13. The van der Waals surface area contributed by atoms with Crippen molar-refractivity contribution < 1.29 is 5.11 Å².